The molecule has 0 radical (unpaired) electrons. The van der Waals surface area contributed by atoms with E-state index in [0.29, 0.717) is 24.2 Å². The summed E-state index contributed by atoms with van der Waals surface area (Å²) in [5.74, 6) is -0.0426. The molecule has 2 aromatic heterocycles. The number of carbonyl (C=O) groups excluding carboxylic acids is 1. The van der Waals surface area contributed by atoms with Crippen LogP contribution in [0.25, 0.3) is 11.0 Å². The average molecular weight is 335 g/mol. The highest BCUT2D eigenvalue weighted by Crippen LogP contribution is 2.22. The number of hydrogen-bond acceptors (Lipinski definition) is 5. The maximum atomic E-state index is 12.9. The van der Waals surface area contributed by atoms with Gasteiger partial charge >= 0.3 is 0 Å². The number of likely N-dealkylation sites (tertiary alicyclic amines) is 1. The van der Waals surface area contributed by atoms with Gasteiger partial charge in [-0.25, -0.2) is 4.68 Å². The number of carbonyl (C=O) groups is 1. The fourth-order valence-corrected chi connectivity index (χ4v) is 3.28. The second-order valence-electron chi connectivity index (χ2n) is 6.10. The fraction of sp³-hybridized carbons (Fsp3) is 0.278. The third kappa shape index (κ3) is 3.00. The summed E-state index contributed by atoms with van der Waals surface area (Å²) in [7, 11) is 0. The smallest absolute Gasteiger partial charge is 0.266 e. The summed E-state index contributed by atoms with van der Waals surface area (Å²) in [4.78, 5) is 35.1. The molecule has 1 amide bonds. The summed E-state index contributed by atoms with van der Waals surface area (Å²) < 4.78 is 1.42. The number of fused-ring (bicyclic) bond motifs is 1. The molecular weight excluding hydrogens is 318 g/mol. The molecule has 1 saturated heterocycles. The molecule has 7 heteroatoms. The average Bonchev–Trinajstić information content (AvgIpc) is 3.11. The lowest BCUT2D eigenvalue weighted by atomic mass is 10.1. The van der Waals surface area contributed by atoms with Crippen LogP contribution >= 0.6 is 0 Å². The van der Waals surface area contributed by atoms with Gasteiger partial charge in [-0.2, -0.15) is 5.10 Å². The zero-order valence-corrected chi connectivity index (χ0v) is 13.6. The minimum Gasteiger partial charge on any atom is -0.334 e. The van der Waals surface area contributed by atoms with E-state index in [1.54, 1.807) is 36.8 Å². The summed E-state index contributed by atoms with van der Waals surface area (Å²) >= 11 is 0. The number of nitrogens with zero attached hydrogens (tertiary/aromatic N) is 5. The quantitative estimate of drug-likeness (QED) is 0.724. The highest BCUT2D eigenvalue weighted by molar-refractivity contribution is 5.97. The van der Waals surface area contributed by atoms with Crippen LogP contribution < -0.4 is 5.56 Å². The van der Waals surface area contributed by atoms with E-state index in [-0.39, 0.29) is 17.5 Å². The topological polar surface area (TPSA) is 81.0 Å². The van der Waals surface area contributed by atoms with Gasteiger partial charge in [-0.1, -0.05) is 0 Å². The molecule has 0 bridgehead atoms. The van der Waals surface area contributed by atoms with E-state index in [4.69, 9.17) is 0 Å². The summed E-state index contributed by atoms with van der Waals surface area (Å²) in [6.07, 6.45) is 6.62. The third-order valence-corrected chi connectivity index (χ3v) is 4.52. The Morgan fingerprint density at radius 2 is 1.96 bits per heavy atom. The van der Waals surface area contributed by atoms with Gasteiger partial charge in [0.25, 0.3) is 11.5 Å². The molecule has 1 fully saturated rings. The summed E-state index contributed by atoms with van der Waals surface area (Å²) in [5, 5.41) is 4.10. The van der Waals surface area contributed by atoms with Gasteiger partial charge in [0.15, 0.2) is 0 Å². The zero-order valence-electron chi connectivity index (χ0n) is 13.6. The van der Waals surface area contributed by atoms with Gasteiger partial charge < -0.3 is 4.90 Å². The molecule has 4 rings (SSSR count). The molecule has 0 spiro atoms. The van der Waals surface area contributed by atoms with Gasteiger partial charge in [0.2, 0.25) is 0 Å². The number of benzene rings is 1. The second-order valence-corrected chi connectivity index (χ2v) is 6.10. The second kappa shape index (κ2) is 6.43. The van der Waals surface area contributed by atoms with E-state index in [9.17, 15) is 9.59 Å². The molecule has 0 N–H and O–H groups in total. The molecular formula is C18H17N5O2. The van der Waals surface area contributed by atoms with Crippen molar-refractivity contribution in [2.75, 3.05) is 6.54 Å². The van der Waals surface area contributed by atoms with Crippen molar-refractivity contribution in [2.24, 2.45) is 0 Å². The van der Waals surface area contributed by atoms with Gasteiger partial charge in [-0.3, -0.25) is 19.6 Å². The van der Waals surface area contributed by atoms with Crippen molar-refractivity contribution in [1.29, 1.82) is 0 Å². The Bertz CT molecular complexity index is 984. The van der Waals surface area contributed by atoms with E-state index < -0.39 is 0 Å². The zero-order chi connectivity index (χ0) is 17.2. The third-order valence-electron chi connectivity index (χ3n) is 4.52. The van der Waals surface area contributed by atoms with Crippen LogP contribution in [0, 0.1) is 0 Å². The Balaban J connectivity index is 1.59. The highest BCUT2D eigenvalue weighted by atomic mass is 16.2. The highest BCUT2D eigenvalue weighted by Gasteiger charge is 2.30. The lowest BCUT2D eigenvalue weighted by Gasteiger charge is -2.25. The van der Waals surface area contributed by atoms with Crippen LogP contribution in [0.15, 0.2) is 53.7 Å². The summed E-state index contributed by atoms with van der Waals surface area (Å²) in [6.45, 7) is 1.10. The number of hydrogen-bond donors (Lipinski definition) is 0. The van der Waals surface area contributed by atoms with Gasteiger partial charge in [0.1, 0.15) is 0 Å². The minimum atomic E-state index is -0.150. The predicted octanol–water partition coefficient (Wildman–Crippen LogP) is 1.49. The van der Waals surface area contributed by atoms with Crippen LogP contribution in [0.2, 0.25) is 0 Å². The van der Waals surface area contributed by atoms with Crippen molar-refractivity contribution >= 4 is 16.9 Å². The van der Waals surface area contributed by atoms with Gasteiger partial charge in [-0.15, -0.1) is 0 Å². The SMILES string of the molecule is O=C(c1ccc2nccnc2c1)N1CCCC1Cn1ncccc1=O. The molecule has 1 aliphatic heterocycles. The monoisotopic (exact) mass is 335 g/mol. The number of aromatic nitrogens is 4. The van der Waals surface area contributed by atoms with E-state index in [2.05, 4.69) is 15.1 Å². The minimum absolute atomic E-state index is 0.0299. The Kier molecular flexibility index (Phi) is 3.97. The lowest BCUT2D eigenvalue weighted by molar-refractivity contribution is 0.0720. The van der Waals surface area contributed by atoms with Crippen molar-refractivity contribution < 1.29 is 4.79 Å². The predicted molar refractivity (Wildman–Crippen MR) is 92.1 cm³/mol. The molecule has 0 saturated carbocycles. The normalized spacial score (nSPS) is 17.1. The Labute approximate surface area is 143 Å². The van der Waals surface area contributed by atoms with Gasteiger partial charge in [-0.05, 0) is 37.1 Å². The van der Waals surface area contributed by atoms with Crippen molar-refractivity contribution in [3.63, 3.8) is 0 Å². The Morgan fingerprint density at radius 1 is 1.12 bits per heavy atom. The first-order chi connectivity index (χ1) is 12.2. The van der Waals surface area contributed by atoms with E-state index in [0.717, 1.165) is 18.4 Å². The molecule has 25 heavy (non-hydrogen) atoms. The van der Waals surface area contributed by atoms with Gasteiger partial charge in [0, 0.05) is 36.8 Å². The number of amides is 1. The molecule has 1 atom stereocenters. The van der Waals surface area contributed by atoms with Crippen LogP contribution in [0.1, 0.15) is 23.2 Å². The molecule has 126 valence electrons. The van der Waals surface area contributed by atoms with Crippen LogP contribution in [0.5, 0.6) is 0 Å². The first-order valence-electron chi connectivity index (χ1n) is 8.26. The maximum Gasteiger partial charge on any atom is 0.266 e. The Morgan fingerprint density at radius 3 is 2.80 bits per heavy atom. The summed E-state index contributed by atoms with van der Waals surface area (Å²) in [5.41, 5.74) is 1.90. The molecule has 1 aliphatic rings. The first kappa shape index (κ1) is 15.4. The lowest BCUT2D eigenvalue weighted by Crippen LogP contribution is -2.40. The molecule has 0 aliphatic carbocycles. The van der Waals surface area contributed by atoms with Crippen LogP contribution in [0.3, 0.4) is 0 Å². The molecule has 3 heterocycles. The molecule has 1 unspecified atom stereocenters. The van der Waals surface area contributed by atoms with Crippen LogP contribution in [-0.4, -0.2) is 43.1 Å². The van der Waals surface area contributed by atoms with Crippen molar-refractivity contribution in [1.82, 2.24) is 24.6 Å². The molecule has 1 aromatic carbocycles. The van der Waals surface area contributed by atoms with E-state index in [1.807, 2.05) is 11.0 Å². The number of rotatable bonds is 3. The van der Waals surface area contributed by atoms with Crippen molar-refractivity contribution in [2.45, 2.75) is 25.4 Å². The van der Waals surface area contributed by atoms with Gasteiger partial charge in [0.05, 0.1) is 23.6 Å². The van der Waals surface area contributed by atoms with E-state index in [1.165, 1.54) is 10.7 Å². The summed E-state index contributed by atoms with van der Waals surface area (Å²) in [6, 6.07) is 8.43. The Hall–Kier alpha value is -3.09. The fourth-order valence-electron chi connectivity index (χ4n) is 3.28. The van der Waals surface area contributed by atoms with Crippen molar-refractivity contribution in [3.8, 4) is 0 Å². The van der Waals surface area contributed by atoms with E-state index >= 15 is 0 Å². The largest absolute Gasteiger partial charge is 0.334 e. The van der Waals surface area contributed by atoms with Crippen LogP contribution in [0.4, 0.5) is 0 Å². The van der Waals surface area contributed by atoms with Crippen molar-refractivity contribution in [3.05, 3.63) is 64.8 Å². The molecule has 3 aromatic rings. The van der Waals surface area contributed by atoms with Crippen LogP contribution in [-0.2, 0) is 6.54 Å². The first-order valence-corrected chi connectivity index (χ1v) is 8.26. The molecule has 7 nitrogen and oxygen atoms in total. The maximum absolute atomic E-state index is 12.9. The standard InChI is InChI=1S/C18H17N5O2/c24-17-4-1-7-21-23(17)12-14-3-2-10-22(14)18(25)13-5-6-15-16(11-13)20-9-8-19-15/h1,4-9,11,14H,2-3,10,12H2.